The molecule has 2 aliphatic rings. The fourth-order valence-electron chi connectivity index (χ4n) is 4.84. The van der Waals surface area contributed by atoms with Crippen molar-refractivity contribution in [1.82, 2.24) is 19.6 Å². The van der Waals surface area contributed by atoms with Crippen LogP contribution in [-0.4, -0.2) is 32.0 Å². The van der Waals surface area contributed by atoms with Crippen LogP contribution in [0.25, 0.3) is 16.8 Å². The van der Waals surface area contributed by atoms with E-state index in [1.54, 1.807) is 16.6 Å². The van der Waals surface area contributed by atoms with Crippen molar-refractivity contribution in [3.8, 4) is 11.1 Å². The topological polar surface area (TPSA) is 101 Å². The zero-order valence-corrected chi connectivity index (χ0v) is 18.0. The Hall–Kier alpha value is -4.20. The number of primary amides is 1. The lowest BCUT2D eigenvalue weighted by atomic mass is 10.0. The molecule has 0 radical (unpaired) electrons. The number of nitrogens with two attached hydrogens (primary N) is 1. The largest absolute Gasteiger partial charge is 0.366 e. The summed E-state index contributed by atoms with van der Waals surface area (Å²) in [5.74, 6) is 1.91. The van der Waals surface area contributed by atoms with Gasteiger partial charge in [0, 0.05) is 35.5 Å². The zero-order chi connectivity index (χ0) is 22.4. The van der Waals surface area contributed by atoms with E-state index in [1.807, 2.05) is 36.5 Å². The van der Waals surface area contributed by atoms with E-state index in [1.165, 1.54) is 24.9 Å². The number of carbonyl (C=O) groups excluding carboxylic acids is 1. The monoisotopic (exact) mass is 437 g/mol. The maximum atomic E-state index is 11.6. The maximum Gasteiger partial charge on any atom is 0.248 e. The Morgan fingerprint density at radius 2 is 2.00 bits per heavy atom. The number of amides is 1. The number of carbonyl (C=O) groups is 1. The Bertz CT molecular complexity index is 1410. The van der Waals surface area contributed by atoms with E-state index in [4.69, 9.17) is 10.7 Å². The van der Waals surface area contributed by atoms with Crippen LogP contribution >= 0.6 is 0 Å². The predicted octanol–water partition coefficient (Wildman–Crippen LogP) is 4.14. The molecule has 3 aromatic heterocycles. The molecule has 4 heterocycles. The number of fused-ring (bicyclic) bond motifs is 2. The van der Waals surface area contributed by atoms with Crippen molar-refractivity contribution in [3.63, 3.8) is 0 Å². The minimum atomic E-state index is -0.459. The van der Waals surface area contributed by atoms with Gasteiger partial charge in [-0.25, -0.2) is 14.5 Å². The van der Waals surface area contributed by atoms with Crippen LogP contribution in [0.2, 0.25) is 0 Å². The van der Waals surface area contributed by atoms with Crippen LogP contribution in [0.4, 0.5) is 17.3 Å². The summed E-state index contributed by atoms with van der Waals surface area (Å²) >= 11 is 0. The zero-order valence-electron chi connectivity index (χ0n) is 18.0. The summed E-state index contributed by atoms with van der Waals surface area (Å²) in [5, 5.41) is 7.75. The van der Waals surface area contributed by atoms with Crippen molar-refractivity contribution in [2.45, 2.75) is 19.3 Å². The SMILES string of the molecule is NC(=O)c1cccc(-c2cc(Nc3cccc(N4CCC5CCC=C54)n3)c3ncnn3c2)c1. The Morgan fingerprint density at radius 1 is 1.09 bits per heavy atom. The molecule has 3 N–H and O–H groups in total. The highest BCUT2D eigenvalue weighted by atomic mass is 16.1. The number of pyridine rings is 2. The van der Waals surface area contributed by atoms with Gasteiger partial charge < -0.3 is 16.0 Å². The highest BCUT2D eigenvalue weighted by molar-refractivity contribution is 5.94. The number of nitrogens with zero attached hydrogens (tertiary/aromatic N) is 5. The van der Waals surface area contributed by atoms with E-state index >= 15 is 0 Å². The number of hydrogen-bond donors (Lipinski definition) is 2. The molecule has 0 bridgehead atoms. The van der Waals surface area contributed by atoms with E-state index in [-0.39, 0.29) is 0 Å². The highest BCUT2D eigenvalue weighted by Gasteiger charge is 2.31. The Labute approximate surface area is 190 Å². The summed E-state index contributed by atoms with van der Waals surface area (Å²) in [4.78, 5) is 23.3. The van der Waals surface area contributed by atoms with E-state index in [2.05, 4.69) is 32.4 Å². The van der Waals surface area contributed by atoms with Crippen LogP contribution in [0.5, 0.6) is 0 Å². The lowest BCUT2D eigenvalue weighted by Crippen LogP contribution is -2.18. The van der Waals surface area contributed by atoms with Crippen molar-refractivity contribution in [1.29, 1.82) is 0 Å². The van der Waals surface area contributed by atoms with Gasteiger partial charge in [-0.2, -0.15) is 5.10 Å². The van der Waals surface area contributed by atoms with Gasteiger partial charge in [-0.15, -0.1) is 0 Å². The molecule has 4 aromatic rings. The first-order chi connectivity index (χ1) is 16.2. The minimum absolute atomic E-state index is 0.459. The molecule has 0 saturated carbocycles. The molecule has 1 amide bonds. The first-order valence-corrected chi connectivity index (χ1v) is 11.1. The van der Waals surface area contributed by atoms with Gasteiger partial charge in [0.15, 0.2) is 5.65 Å². The number of aromatic nitrogens is 4. The standard InChI is InChI=1S/C25H23N7O/c26-24(33)18-6-1-5-17(12-18)19-13-20(25-27-15-28-32(25)14-19)29-22-8-3-9-23(30-22)31-11-10-16-4-2-7-21(16)31/h1,3,5-9,12-16H,2,4,10-11H2,(H2,26,33)(H,29,30). The number of allylic oxidation sites excluding steroid dienone is 2. The van der Waals surface area contributed by atoms with Gasteiger partial charge in [0.05, 0.1) is 5.69 Å². The van der Waals surface area contributed by atoms with Crippen molar-refractivity contribution in [2.75, 3.05) is 16.8 Å². The third kappa shape index (κ3) is 3.49. The van der Waals surface area contributed by atoms with E-state index < -0.39 is 5.91 Å². The van der Waals surface area contributed by atoms with Crippen molar-refractivity contribution in [2.24, 2.45) is 11.7 Å². The summed E-state index contributed by atoms with van der Waals surface area (Å²) in [6.07, 6.45) is 9.35. The van der Waals surface area contributed by atoms with Crippen LogP contribution in [0, 0.1) is 5.92 Å². The summed E-state index contributed by atoms with van der Waals surface area (Å²) in [6.45, 7) is 1.01. The number of rotatable bonds is 5. The molecule has 6 rings (SSSR count). The molecule has 8 heteroatoms. The molecule has 8 nitrogen and oxygen atoms in total. The lowest BCUT2D eigenvalue weighted by Gasteiger charge is -2.20. The Kier molecular flexibility index (Phi) is 4.57. The number of anilines is 3. The summed E-state index contributed by atoms with van der Waals surface area (Å²) in [6, 6.07) is 15.3. The van der Waals surface area contributed by atoms with Gasteiger partial charge in [-0.05, 0) is 55.2 Å². The molecule has 1 saturated heterocycles. The second kappa shape index (κ2) is 7.74. The second-order valence-electron chi connectivity index (χ2n) is 8.47. The molecular weight excluding hydrogens is 414 g/mol. The van der Waals surface area contributed by atoms with Crippen LogP contribution < -0.4 is 16.0 Å². The lowest BCUT2D eigenvalue weighted by molar-refractivity contribution is 0.100. The fraction of sp³-hybridized carbons (Fsp3) is 0.200. The summed E-state index contributed by atoms with van der Waals surface area (Å²) in [7, 11) is 0. The smallest absolute Gasteiger partial charge is 0.248 e. The number of nitrogens with one attached hydrogen (secondary N) is 1. The van der Waals surface area contributed by atoms with Crippen LogP contribution in [-0.2, 0) is 0 Å². The number of benzene rings is 1. The quantitative estimate of drug-likeness (QED) is 0.487. The number of hydrogen-bond acceptors (Lipinski definition) is 6. The van der Waals surface area contributed by atoms with Crippen molar-refractivity contribution >= 4 is 28.9 Å². The second-order valence-corrected chi connectivity index (χ2v) is 8.47. The molecular formula is C25H23N7O. The van der Waals surface area contributed by atoms with E-state index in [9.17, 15) is 4.79 Å². The van der Waals surface area contributed by atoms with Crippen molar-refractivity contribution in [3.05, 3.63) is 78.4 Å². The highest BCUT2D eigenvalue weighted by Crippen LogP contribution is 2.39. The van der Waals surface area contributed by atoms with Gasteiger partial charge in [0.25, 0.3) is 0 Å². The van der Waals surface area contributed by atoms with Crippen molar-refractivity contribution < 1.29 is 4.79 Å². The van der Waals surface area contributed by atoms with Gasteiger partial charge in [0.2, 0.25) is 5.91 Å². The third-order valence-electron chi connectivity index (χ3n) is 6.43. The third-order valence-corrected chi connectivity index (χ3v) is 6.43. The molecule has 1 aromatic carbocycles. The Morgan fingerprint density at radius 3 is 2.91 bits per heavy atom. The van der Waals surface area contributed by atoms with E-state index in [0.717, 1.165) is 41.4 Å². The molecule has 1 unspecified atom stereocenters. The van der Waals surface area contributed by atoms with Gasteiger partial charge in [-0.3, -0.25) is 4.79 Å². The predicted molar refractivity (Wildman–Crippen MR) is 127 cm³/mol. The van der Waals surface area contributed by atoms with Gasteiger partial charge in [0.1, 0.15) is 18.0 Å². The normalized spacial score (nSPS) is 17.3. The molecule has 1 aliphatic heterocycles. The van der Waals surface area contributed by atoms with Crippen LogP contribution in [0.15, 0.2) is 72.8 Å². The average molecular weight is 438 g/mol. The first kappa shape index (κ1) is 19.5. The average Bonchev–Trinajstić information content (AvgIpc) is 3.56. The van der Waals surface area contributed by atoms with Gasteiger partial charge >= 0.3 is 0 Å². The van der Waals surface area contributed by atoms with Crippen LogP contribution in [0.1, 0.15) is 29.6 Å². The molecule has 0 spiro atoms. The van der Waals surface area contributed by atoms with Gasteiger partial charge in [-0.1, -0.05) is 24.3 Å². The maximum absolute atomic E-state index is 11.6. The molecule has 33 heavy (non-hydrogen) atoms. The molecule has 1 atom stereocenters. The van der Waals surface area contributed by atoms with Crippen LogP contribution in [0.3, 0.4) is 0 Å². The first-order valence-electron chi connectivity index (χ1n) is 11.1. The molecule has 164 valence electrons. The Balaban J connectivity index is 1.36. The fourth-order valence-corrected chi connectivity index (χ4v) is 4.84. The molecule has 1 fully saturated rings. The summed E-state index contributed by atoms with van der Waals surface area (Å²) < 4.78 is 1.72. The van der Waals surface area contributed by atoms with E-state index in [0.29, 0.717) is 17.1 Å². The minimum Gasteiger partial charge on any atom is -0.366 e. The molecule has 1 aliphatic carbocycles. The summed E-state index contributed by atoms with van der Waals surface area (Å²) in [5.41, 5.74) is 10.6.